The third kappa shape index (κ3) is 3.28. The van der Waals surface area contributed by atoms with E-state index in [2.05, 4.69) is 15.1 Å². The van der Waals surface area contributed by atoms with Gasteiger partial charge in [0.15, 0.2) is 5.82 Å². The fraction of sp³-hybridized carbons (Fsp3) is 0.263. The average molecular weight is 351 g/mol. The van der Waals surface area contributed by atoms with Gasteiger partial charge in [-0.1, -0.05) is 30.3 Å². The molecule has 0 aliphatic carbocycles. The summed E-state index contributed by atoms with van der Waals surface area (Å²) in [5.41, 5.74) is 8.82. The molecule has 134 valence electrons. The molecule has 1 aromatic heterocycles. The summed E-state index contributed by atoms with van der Waals surface area (Å²) in [6, 6.07) is 15.8. The number of carbonyl (C=O) groups excluding carboxylic acids is 1. The Bertz CT molecular complexity index is 901. The minimum absolute atomic E-state index is 0.259. The van der Waals surface area contributed by atoms with Gasteiger partial charge in [-0.25, -0.2) is 4.79 Å². The van der Waals surface area contributed by atoms with E-state index in [0.29, 0.717) is 25.5 Å². The molecule has 0 saturated carbocycles. The summed E-state index contributed by atoms with van der Waals surface area (Å²) in [5.74, 6) is 0.512. The number of nitrogens with two attached hydrogens (primary N) is 1. The zero-order chi connectivity index (χ0) is 17.9. The third-order valence-corrected chi connectivity index (χ3v) is 4.68. The molecule has 2 heterocycles. The van der Waals surface area contributed by atoms with E-state index in [4.69, 9.17) is 10.5 Å². The number of rotatable bonds is 3. The molecule has 1 fully saturated rings. The number of piperazine rings is 1. The highest BCUT2D eigenvalue weighted by Crippen LogP contribution is 2.24. The molecule has 3 aromatic rings. The first-order valence-electron chi connectivity index (χ1n) is 8.65. The smallest absolute Gasteiger partial charge is 0.410 e. The molecule has 0 radical (unpaired) electrons. The number of aromatic amines is 1. The summed E-state index contributed by atoms with van der Waals surface area (Å²) in [7, 11) is 0. The van der Waals surface area contributed by atoms with Crippen molar-refractivity contribution >= 4 is 28.5 Å². The van der Waals surface area contributed by atoms with Crippen LogP contribution in [0.15, 0.2) is 48.5 Å². The van der Waals surface area contributed by atoms with Crippen molar-refractivity contribution in [3.05, 3.63) is 54.1 Å². The van der Waals surface area contributed by atoms with Crippen LogP contribution in [0.1, 0.15) is 5.56 Å². The van der Waals surface area contributed by atoms with Gasteiger partial charge in [-0.15, -0.1) is 0 Å². The number of anilines is 2. The number of nitrogens with one attached hydrogen (secondary N) is 1. The molecule has 1 saturated heterocycles. The number of aromatic nitrogens is 2. The number of ether oxygens (including phenoxy) is 1. The zero-order valence-corrected chi connectivity index (χ0v) is 14.4. The molecule has 0 atom stereocenters. The zero-order valence-electron chi connectivity index (χ0n) is 14.4. The molecule has 2 aromatic carbocycles. The lowest BCUT2D eigenvalue weighted by Crippen LogP contribution is -2.48. The van der Waals surface area contributed by atoms with Gasteiger partial charge in [0.1, 0.15) is 6.61 Å². The number of carbonyl (C=O) groups is 1. The van der Waals surface area contributed by atoms with E-state index in [-0.39, 0.29) is 6.09 Å². The molecule has 7 nitrogen and oxygen atoms in total. The number of benzene rings is 2. The first-order chi connectivity index (χ1) is 12.7. The Balaban J connectivity index is 1.33. The lowest BCUT2D eigenvalue weighted by molar-refractivity contribution is 0.0942. The molecule has 4 rings (SSSR count). The van der Waals surface area contributed by atoms with Crippen LogP contribution in [0.5, 0.6) is 0 Å². The van der Waals surface area contributed by atoms with E-state index in [0.717, 1.165) is 35.2 Å². The molecule has 1 amide bonds. The van der Waals surface area contributed by atoms with Crippen LogP contribution in [-0.4, -0.2) is 47.4 Å². The van der Waals surface area contributed by atoms with Gasteiger partial charge >= 0.3 is 6.09 Å². The van der Waals surface area contributed by atoms with E-state index in [1.54, 1.807) is 4.90 Å². The highest BCUT2D eigenvalue weighted by atomic mass is 16.6. The molecule has 26 heavy (non-hydrogen) atoms. The van der Waals surface area contributed by atoms with Crippen LogP contribution in [0.2, 0.25) is 0 Å². The van der Waals surface area contributed by atoms with Crippen molar-refractivity contribution in [1.82, 2.24) is 15.1 Å². The predicted octanol–water partition coefficient (Wildman–Crippen LogP) is 2.60. The Morgan fingerprint density at radius 1 is 1.12 bits per heavy atom. The minimum Gasteiger partial charge on any atom is -0.445 e. The Morgan fingerprint density at radius 3 is 2.65 bits per heavy atom. The average Bonchev–Trinajstić information content (AvgIpc) is 3.07. The van der Waals surface area contributed by atoms with Crippen molar-refractivity contribution in [3.8, 4) is 0 Å². The standard InChI is InChI=1S/C19H21N5O2/c20-18-16-7-6-15(12-17(16)21-22-18)23-8-10-24(11-9-23)19(25)26-13-14-4-2-1-3-5-14/h1-7,12H,8-11,13H2,(H3,20,21,22). The molecule has 1 aliphatic heterocycles. The van der Waals surface area contributed by atoms with Crippen LogP contribution in [0.4, 0.5) is 16.3 Å². The quantitative estimate of drug-likeness (QED) is 0.757. The minimum atomic E-state index is -0.259. The van der Waals surface area contributed by atoms with Gasteiger partial charge < -0.3 is 20.3 Å². The number of hydrogen-bond donors (Lipinski definition) is 2. The number of nitrogens with zero attached hydrogens (tertiary/aromatic N) is 3. The van der Waals surface area contributed by atoms with Crippen LogP contribution in [0.3, 0.4) is 0 Å². The lowest BCUT2D eigenvalue weighted by atomic mass is 10.2. The summed E-state index contributed by atoms with van der Waals surface area (Å²) < 4.78 is 5.41. The lowest BCUT2D eigenvalue weighted by Gasteiger charge is -2.35. The first kappa shape index (κ1) is 16.3. The molecule has 0 spiro atoms. The monoisotopic (exact) mass is 351 g/mol. The Hall–Kier alpha value is -3.22. The molecule has 3 N–H and O–H groups in total. The summed E-state index contributed by atoms with van der Waals surface area (Å²) >= 11 is 0. The van der Waals surface area contributed by atoms with E-state index in [1.807, 2.05) is 48.5 Å². The summed E-state index contributed by atoms with van der Waals surface area (Å²) in [6.07, 6.45) is -0.259. The van der Waals surface area contributed by atoms with Crippen molar-refractivity contribution in [1.29, 1.82) is 0 Å². The number of fused-ring (bicyclic) bond motifs is 1. The van der Waals surface area contributed by atoms with E-state index < -0.39 is 0 Å². The highest BCUT2D eigenvalue weighted by molar-refractivity contribution is 5.90. The van der Waals surface area contributed by atoms with Crippen LogP contribution in [0, 0.1) is 0 Å². The van der Waals surface area contributed by atoms with E-state index >= 15 is 0 Å². The van der Waals surface area contributed by atoms with Crippen LogP contribution in [0.25, 0.3) is 10.9 Å². The number of amides is 1. The molecule has 0 unspecified atom stereocenters. The van der Waals surface area contributed by atoms with Crippen molar-refractivity contribution in [2.45, 2.75) is 6.61 Å². The largest absolute Gasteiger partial charge is 0.445 e. The normalized spacial score (nSPS) is 14.6. The van der Waals surface area contributed by atoms with Gasteiger partial charge in [0.05, 0.1) is 5.52 Å². The van der Waals surface area contributed by atoms with Gasteiger partial charge in [0.2, 0.25) is 0 Å². The maximum atomic E-state index is 12.3. The van der Waals surface area contributed by atoms with Gasteiger partial charge in [-0.2, -0.15) is 5.10 Å². The van der Waals surface area contributed by atoms with Gasteiger partial charge in [0.25, 0.3) is 0 Å². The van der Waals surface area contributed by atoms with E-state index in [9.17, 15) is 4.79 Å². The number of H-pyrrole nitrogens is 1. The second-order valence-corrected chi connectivity index (χ2v) is 6.35. The first-order valence-corrected chi connectivity index (χ1v) is 8.65. The van der Waals surface area contributed by atoms with E-state index in [1.165, 1.54) is 0 Å². The fourth-order valence-electron chi connectivity index (χ4n) is 3.18. The highest BCUT2D eigenvalue weighted by Gasteiger charge is 2.22. The molecular weight excluding hydrogens is 330 g/mol. The van der Waals surface area contributed by atoms with Crippen molar-refractivity contribution < 1.29 is 9.53 Å². The van der Waals surface area contributed by atoms with Crippen LogP contribution in [-0.2, 0) is 11.3 Å². The van der Waals surface area contributed by atoms with Gasteiger partial charge in [0, 0.05) is 37.3 Å². The maximum Gasteiger partial charge on any atom is 0.410 e. The number of nitrogen functional groups attached to an aromatic ring is 1. The summed E-state index contributed by atoms with van der Waals surface area (Å²) in [4.78, 5) is 16.3. The van der Waals surface area contributed by atoms with Crippen molar-refractivity contribution in [2.75, 3.05) is 36.8 Å². The predicted molar refractivity (Wildman–Crippen MR) is 101 cm³/mol. The second-order valence-electron chi connectivity index (χ2n) is 6.35. The third-order valence-electron chi connectivity index (χ3n) is 4.68. The Labute approximate surface area is 151 Å². The number of hydrogen-bond acceptors (Lipinski definition) is 5. The van der Waals surface area contributed by atoms with Gasteiger partial charge in [-0.05, 0) is 23.8 Å². The van der Waals surface area contributed by atoms with Crippen LogP contribution < -0.4 is 10.6 Å². The Morgan fingerprint density at radius 2 is 1.88 bits per heavy atom. The van der Waals surface area contributed by atoms with Crippen molar-refractivity contribution in [2.24, 2.45) is 0 Å². The molecular formula is C19H21N5O2. The maximum absolute atomic E-state index is 12.3. The molecule has 1 aliphatic rings. The SMILES string of the molecule is Nc1n[nH]c2cc(N3CCN(C(=O)OCc4ccccc4)CC3)ccc12. The fourth-order valence-corrected chi connectivity index (χ4v) is 3.18. The summed E-state index contributed by atoms with van der Waals surface area (Å²) in [5, 5.41) is 7.90. The topological polar surface area (TPSA) is 87.5 Å². The van der Waals surface area contributed by atoms with Crippen molar-refractivity contribution in [3.63, 3.8) is 0 Å². The Kier molecular flexibility index (Phi) is 4.35. The van der Waals surface area contributed by atoms with Gasteiger partial charge in [-0.3, -0.25) is 5.10 Å². The van der Waals surface area contributed by atoms with Crippen LogP contribution >= 0.6 is 0 Å². The molecule has 0 bridgehead atoms. The summed E-state index contributed by atoms with van der Waals surface area (Å²) in [6.45, 7) is 3.09. The molecule has 7 heteroatoms. The second kappa shape index (κ2) is 6.95.